The van der Waals surface area contributed by atoms with E-state index in [1.807, 2.05) is 0 Å². The Bertz CT molecular complexity index is 2420. The van der Waals surface area contributed by atoms with E-state index >= 15 is 0 Å². The second kappa shape index (κ2) is 16.3. The van der Waals surface area contributed by atoms with Crippen LogP contribution in [0, 0.1) is 0 Å². The van der Waals surface area contributed by atoms with Crippen LogP contribution in [0.3, 0.4) is 0 Å². The Morgan fingerprint density at radius 1 is 0.630 bits per heavy atom. The van der Waals surface area contributed by atoms with Crippen LogP contribution in [0.15, 0.2) is 95.8 Å². The fourth-order valence-electron chi connectivity index (χ4n) is 4.33. The number of anilines is 1. The topological polar surface area (TPSA) is 388 Å². The van der Waals surface area contributed by atoms with Crippen LogP contribution in [-0.4, -0.2) is 92.4 Å². The molecule has 28 heteroatoms. The molecule has 0 spiro atoms. The number of azo groups is 2. The predicted octanol–water partition coefficient (Wildman–Crippen LogP) is 5.91. The van der Waals surface area contributed by atoms with Crippen molar-refractivity contribution in [2.24, 2.45) is 20.5 Å². The van der Waals surface area contributed by atoms with Gasteiger partial charge in [-0.3, -0.25) is 26.9 Å². The Morgan fingerprint density at radius 3 is 1.69 bits per heavy atom. The quantitative estimate of drug-likeness (QED) is 0.0270. The number of phenolic OH excluding ortho intramolecular Hbond substituents is 1. The average Bonchev–Trinajstić information content (AvgIpc) is 3.04. The Labute approximate surface area is 308 Å². The lowest BCUT2D eigenvalue weighted by molar-refractivity contribution is 0.201. The molecule has 0 aliphatic heterocycles. The van der Waals surface area contributed by atoms with Crippen molar-refractivity contribution in [3.63, 3.8) is 0 Å². The standard InChI is InChI=1S/C26H29N5O18S5/c27-23-22-15(13-20(51(35,36)37)24(23)30-28-16-1-5-18(6-2-16)47-9-10-48-53(41,42)43)14-21(52(38,39)40)25(26(22)32)31-29-17-3-7-19(8-4-17)50(33,34)12-11-49-54(44,45)46/h1-8,13-14,32,38-40,44-46H,9-12,27H2,(H,35,36,37)(H,41,42,43). The molecule has 0 fully saturated rings. The molecule has 296 valence electrons. The number of hydrogen-bond acceptors (Lipinski definition) is 21. The summed E-state index contributed by atoms with van der Waals surface area (Å²) < 4.78 is 160. The molecule has 0 saturated carbocycles. The van der Waals surface area contributed by atoms with E-state index in [9.17, 15) is 48.6 Å². The third kappa shape index (κ3) is 11.5. The first-order valence-electron chi connectivity index (χ1n) is 14.1. The molecule has 0 radical (unpaired) electrons. The lowest BCUT2D eigenvalue weighted by Crippen LogP contribution is -2.14. The number of aromatic hydroxyl groups is 1. The number of nitrogens with two attached hydrogens (primary N) is 1. The number of fused-ring (bicyclic) bond motifs is 1. The van der Waals surface area contributed by atoms with Gasteiger partial charge in [-0.05, 0) is 66.0 Å². The first-order valence-corrected chi connectivity index (χ1v) is 21.5. The maximum absolute atomic E-state index is 12.5. The molecule has 0 aliphatic rings. The molecular formula is C26H29N5O18S5. The molecule has 0 atom stereocenters. The smallest absolute Gasteiger partial charge is 0.397 e. The average molecular weight is 860 g/mol. The Morgan fingerprint density at radius 2 is 1.17 bits per heavy atom. The van der Waals surface area contributed by atoms with Gasteiger partial charge in [0, 0.05) is 0 Å². The summed E-state index contributed by atoms with van der Waals surface area (Å²) in [5.41, 5.74) is 4.09. The van der Waals surface area contributed by atoms with E-state index in [0.717, 1.165) is 36.4 Å². The van der Waals surface area contributed by atoms with E-state index in [-0.39, 0.29) is 34.0 Å². The number of nitrogen functional groups attached to an aromatic ring is 1. The number of nitrogens with zero attached hydrogens (tertiary/aromatic N) is 4. The Hall–Kier alpha value is -4.11. The van der Waals surface area contributed by atoms with Gasteiger partial charge in [0.05, 0.1) is 44.6 Å². The molecule has 0 heterocycles. The molecule has 0 unspecified atom stereocenters. The van der Waals surface area contributed by atoms with Gasteiger partial charge in [-0.15, -0.1) is 10.2 Å². The molecule has 0 saturated heterocycles. The zero-order valence-electron chi connectivity index (χ0n) is 26.7. The Balaban J connectivity index is 1.71. The number of rotatable bonds is 16. The molecule has 23 nitrogen and oxygen atoms in total. The van der Waals surface area contributed by atoms with Gasteiger partial charge >= 0.3 is 10.4 Å². The fourth-order valence-corrected chi connectivity index (χ4v) is 7.47. The second-order valence-electron chi connectivity index (χ2n) is 10.4. The van der Waals surface area contributed by atoms with Crippen LogP contribution in [-0.2, 0) is 38.7 Å². The van der Waals surface area contributed by atoms with Gasteiger partial charge in [0.2, 0.25) is 11.2 Å². The van der Waals surface area contributed by atoms with Crippen molar-refractivity contribution >= 4 is 91.6 Å². The summed E-state index contributed by atoms with van der Waals surface area (Å²) in [5.74, 6) is -1.54. The highest BCUT2D eigenvalue weighted by Crippen LogP contribution is 2.56. The van der Waals surface area contributed by atoms with Crippen molar-refractivity contribution in [2.75, 3.05) is 31.3 Å². The molecule has 11 N–H and O–H groups in total. The summed E-state index contributed by atoms with van der Waals surface area (Å²) >= 11 is -4.38. The number of phenols is 1. The number of hydrogen-bond donors (Lipinski definition) is 10. The van der Waals surface area contributed by atoms with E-state index < -0.39 is 109 Å². The number of ether oxygens (including phenoxy) is 1. The molecular weight excluding hydrogens is 831 g/mol. The minimum atomic E-state index is -5.14. The summed E-state index contributed by atoms with van der Waals surface area (Å²) in [5, 5.41) is 25.8. The zero-order valence-corrected chi connectivity index (χ0v) is 30.8. The summed E-state index contributed by atoms with van der Waals surface area (Å²) in [4.78, 5) is -2.10. The van der Waals surface area contributed by atoms with Gasteiger partial charge < -0.3 is 29.2 Å². The first-order chi connectivity index (χ1) is 24.9. The van der Waals surface area contributed by atoms with Gasteiger partial charge in [-0.25, -0.2) is 12.6 Å². The van der Waals surface area contributed by atoms with Gasteiger partial charge in [0.25, 0.3) is 10.1 Å². The van der Waals surface area contributed by atoms with Crippen molar-refractivity contribution in [1.29, 1.82) is 0 Å². The summed E-state index contributed by atoms with van der Waals surface area (Å²) in [6.45, 7) is -1.54. The van der Waals surface area contributed by atoms with Gasteiger partial charge in [0.15, 0.2) is 15.6 Å². The summed E-state index contributed by atoms with van der Waals surface area (Å²) in [6, 6.07) is 11.3. The van der Waals surface area contributed by atoms with Crippen LogP contribution in [0.4, 0.5) is 28.4 Å². The normalized spacial score (nSPS) is 13.9. The largest absolute Gasteiger partial charge is 0.505 e. The maximum Gasteiger partial charge on any atom is 0.397 e. The van der Waals surface area contributed by atoms with Crippen molar-refractivity contribution < 1.29 is 79.9 Å². The van der Waals surface area contributed by atoms with Crippen LogP contribution >= 0.6 is 22.0 Å². The van der Waals surface area contributed by atoms with Gasteiger partial charge in [-0.2, -0.15) is 27.1 Å². The van der Waals surface area contributed by atoms with Crippen LogP contribution in [0.2, 0.25) is 0 Å². The van der Waals surface area contributed by atoms with Crippen LogP contribution in [0.1, 0.15) is 0 Å². The van der Waals surface area contributed by atoms with Crippen molar-refractivity contribution in [3.8, 4) is 11.5 Å². The zero-order chi connectivity index (χ0) is 40.3. The second-order valence-corrected chi connectivity index (χ2v) is 17.6. The minimum absolute atomic E-state index is 0.0660. The SMILES string of the molecule is Nc1c(N=Nc2ccc(OCCOS(=O)(=O)O)cc2)c(S(=O)(=O)O)cc2cc(S(O)(O)O)c(N=Nc3ccc(S(=O)(=O)CCOS(O)(O)O)cc3)c(O)c12. The molecule has 4 aromatic carbocycles. The van der Waals surface area contributed by atoms with Crippen LogP contribution in [0.5, 0.6) is 11.5 Å². The molecule has 0 aliphatic carbocycles. The highest BCUT2D eigenvalue weighted by atomic mass is 32.3. The van der Waals surface area contributed by atoms with Gasteiger partial charge in [-0.1, -0.05) is 0 Å². The van der Waals surface area contributed by atoms with Crippen molar-refractivity contribution in [2.45, 2.75) is 14.7 Å². The molecule has 54 heavy (non-hydrogen) atoms. The minimum Gasteiger partial charge on any atom is -0.505 e. The molecule has 4 rings (SSSR count). The van der Waals surface area contributed by atoms with Crippen LogP contribution < -0.4 is 10.5 Å². The summed E-state index contributed by atoms with van der Waals surface area (Å²) in [6.07, 6.45) is 0. The van der Waals surface area contributed by atoms with E-state index in [1.165, 1.54) is 24.3 Å². The number of benzene rings is 4. The molecule has 0 bridgehead atoms. The first kappa shape index (κ1) is 42.6. The third-order valence-electron chi connectivity index (χ3n) is 6.63. The third-order valence-corrected chi connectivity index (χ3v) is 11.0. The number of sulfone groups is 1. The summed E-state index contributed by atoms with van der Waals surface area (Å²) in [7, 11) is -18.6. The highest BCUT2D eigenvalue weighted by Gasteiger charge is 2.29. The molecule has 0 aromatic heterocycles. The predicted molar refractivity (Wildman–Crippen MR) is 191 cm³/mol. The van der Waals surface area contributed by atoms with E-state index in [0.29, 0.717) is 0 Å². The van der Waals surface area contributed by atoms with E-state index in [4.69, 9.17) is 28.7 Å². The highest BCUT2D eigenvalue weighted by molar-refractivity contribution is 8.19. The molecule has 4 aromatic rings. The lowest BCUT2D eigenvalue weighted by Gasteiger charge is -2.22. The molecule has 0 amide bonds. The fraction of sp³-hybridized carbons (Fsp3) is 0.154. The van der Waals surface area contributed by atoms with Crippen molar-refractivity contribution in [3.05, 3.63) is 60.7 Å². The van der Waals surface area contributed by atoms with E-state index in [1.54, 1.807) is 0 Å². The van der Waals surface area contributed by atoms with Crippen molar-refractivity contribution in [1.82, 2.24) is 0 Å². The Kier molecular flexibility index (Phi) is 12.9. The van der Waals surface area contributed by atoms with Crippen LogP contribution in [0.25, 0.3) is 10.8 Å². The van der Waals surface area contributed by atoms with Gasteiger partial charge in [0.1, 0.15) is 46.1 Å². The monoisotopic (exact) mass is 859 g/mol. The van der Waals surface area contributed by atoms with E-state index in [2.05, 4.69) is 28.8 Å². The maximum atomic E-state index is 12.5. The lowest BCUT2D eigenvalue weighted by atomic mass is 10.1.